The van der Waals surface area contributed by atoms with Crippen molar-refractivity contribution in [3.63, 3.8) is 0 Å². The Morgan fingerprint density at radius 2 is 1.92 bits per heavy atom. The van der Waals surface area contributed by atoms with E-state index in [1.165, 1.54) is 0 Å². The van der Waals surface area contributed by atoms with Crippen LogP contribution in [0.25, 0.3) is 0 Å². The third kappa shape index (κ3) is 8.86. The second kappa shape index (κ2) is 9.04. The van der Waals surface area contributed by atoms with Crippen molar-refractivity contribution >= 4 is 5.97 Å². The van der Waals surface area contributed by atoms with Gasteiger partial charge in [0.1, 0.15) is 0 Å². The topological polar surface area (TPSA) is 26.3 Å². The summed E-state index contributed by atoms with van der Waals surface area (Å²) in [6.45, 7) is 7.62. The summed E-state index contributed by atoms with van der Waals surface area (Å²) in [5.74, 6) is -0.182. The first-order valence-electron chi connectivity index (χ1n) is 4.68. The first kappa shape index (κ1) is 11.9. The predicted molar refractivity (Wildman–Crippen MR) is 54.4 cm³/mol. The quantitative estimate of drug-likeness (QED) is 0.328. The molecule has 0 saturated heterocycles. The Morgan fingerprint density at radius 1 is 1.15 bits per heavy atom. The lowest BCUT2D eigenvalue weighted by Gasteiger charge is -2.01. The molecule has 0 spiro atoms. The maximum Gasteiger partial charge on any atom is 0.309 e. The molecule has 74 valence electrons. The first-order valence-corrected chi connectivity index (χ1v) is 4.68. The lowest BCUT2D eigenvalue weighted by molar-refractivity contribution is -0.142. The molecule has 0 aliphatic heterocycles. The van der Waals surface area contributed by atoms with Gasteiger partial charge in [0.05, 0.1) is 13.0 Å². The van der Waals surface area contributed by atoms with Gasteiger partial charge in [0.15, 0.2) is 0 Å². The Kier molecular flexibility index (Phi) is 8.31. The van der Waals surface area contributed by atoms with Crippen molar-refractivity contribution < 1.29 is 9.53 Å². The van der Waals surface area contributed by atoms with E-state index < -0.39 is 0 Å². The Balaban J connectivity index is 3.10. The van der Waals surface area contributed by atoms with Crippen LogP contribution in [-0.4, -0.2) is 12.6 Å². The second-order valence-corrected chi connectivity index (χ2v) is 2.85. The van der Waals surface area contributed by atoms with Crippen molar-refractivity contribution in [2.75, 3.05) is 6.61 Å². The third-order valence-electron chi connectivity index (χ3n) is 1.63. The molecule has 0 aliphatic carbocycles. The van der Waals surface area contributed by atoms with Gasteiger partial charge in [-0.25, -0.2) is 0 Å². The molecular formula is C11H18O2. The van der Waals surface area contributed by atoms with Crippen LogP contribution in [-0.2, 0) is 9.53 Å². The summed E-state index contributed by atoms with van der Waals surface area (Å²) >= 11 is 0. The molecule has 0 bridgehead atoms. The number of allylic oxidation sites excluding steroid dienone is 1. The molecule has 0 saturated carbocycles. The van der Waals surface area contributed by atoms with E-state index in [9.17, 15) is 4.79 Å². The van der Waals surface area contributed by atoms with Crippen molar-refractivity contribution in [2.45, 2.75) is 32.1 Å². The zero-order valence-corrected chi connectivity index (χ0v) is 8.13. The summed E-state index contributed by atoms with van der Waals surface area (Å²) in [7, 11) is 0. The molecule has 0 atom stereocenters. The van der Waals surface area contributed by atoms with Crippen LogP contribution in [0.4, 0.5) is 0 Å². The monoisotopic (exact) mass is 182 g/mol. The van der Waals surface area contributed by atoms with E-state index in [2.05, 4.69) is 13.2 Å². The number of rotatable bonds is 8. The fraction of sp³-hybridized carbons (Fsp3) is 0.545. The van der Waals surface area contributed by atoms with Crippen molar-refractivity contribution in [2.24, 2.45) is 0 Å². The molecule has 0 fully saturated rings. The highest BCUT2D eigenvalue weighted by Crippen LogP contribution is 2.00. The van der Waals surface area contributed by atoms with Gasteiger partial charge >= 0.3 is 5.97 Å². The van der Waals surface area contributed by atoms with E-state index in [0.29, 0.717) is 13.0 Å². The van der Waals surface area contributed by atoms with Crippen LogP contribution < -0.4 is 0 Å². The van der Waals surface area contributed by atoms with Gasteiger partial charge in [0.25, 0.3) is 0 Å². The summed E-state index contributed by atoms with van der Waals surface area (Å²) in [5, 5.41) is 0. The van der Waals surface area contributed by atoms with Gasteiger partial charge in [-0.3, -0.25) is 4.79 Å². The van der Waals surface area contributed by atoms with E-state index in [4.69, 9.17) is 4.74 Å². The number of carbonyl (C=O) groups excluding carboxylic acids is 1. The summed E-state index contributed by atoms with van der Waals surface area (Å²) in [6.07, 6.45) is 7.98. The van der Waals surface area contributed by atoms with Gasteiger partial charge in [0, 0.05) is 0 Å². The largest absolute Gasteiger partial charge is 0.465 e. The summed E-state index contributed by atoms with van der Waals surface area (Å²) in [4.78, 5) is 10.8. The molecule has 0 aromatic rings. The highest BCUT2D eigenvalue weighted by atomic mass is 16.5. The van der Waals surface area contributed by atoms with Crippen LogP contribution in [0.15, 0.2) is 25.3 Å². The smallest absolute Gasteiger partial charge is 0.309 e. The van der Waals surface area contributed by atoms with Crippen molar-refractivity contribution in [1.82, 2.24) is 0 Å². The molecule has 13 heavy (non-hydrogen) atoms. The van der Waals surface area contributed by atoms with Gasteiger partial charge in [-0.05, 0) is 25.7 Å². The Labute approximate surface area is 80.3 Å². The van der Waals surface area contributed by atoms with Gasteiger partial charge < -0.3 is 4.74 Å². The minimum absolute atomic E-state index is 0.182. The molecule has 0 rings (SSSR count). The van der Waals surface area contributed by atoms with E-state index >= 15 is 0 Å². The standard InChI is InChI=1S/C11H18O2/c1-3-5-6-7-8-10-13-11(12)9-4-2/h3-4H,1-2,5-10H2. The van der Waals surface area contributed by atoms with Crippen LogP contribution in [0.2, 0.25) is 0 Å². The lowest BCUT2D eigenvalue weighted by Crippen LogP contribution is -2.03. The third-order valence-corrected chi connectivity index (χ3v) is 1.63. The number of carbonyl (C=O) groups is 1. The molecular weight excluding hydrogens is 164 g/mol. The maximum absolute atomic E-state index is 10.8. The average Bonchev–Trinajstić information content (AvgIpc) is 2.11. The molecule has 2 nitrogen and oxygen atoms in total. The van der Waals surface area contributed by atoms with E-state index in [1.807, 2.05) is 6.08 Å². The Hall–Kier alpha value is -1.05. The Morgan fingerprint density at radius 3 is 2.54 bits per heavy atom. The lowest BCUT2D eigenvalue weighted by atomic mass is 10.2. The van der Waals surface area contributed by atoms with Crippen molar-refractivity contribution in [1.29, 1.82) is 0 Å². The van der Waals surface area contributed by atoms with Crippen LogP contribution in [0.5, 0.6) is 0 Å². The van der Waals surface area contributed by atoms with Gasteiger partial charge in [-0.1, -0.05) is 12.2 Å². The van der Waals surface area contributed by atoms with Crippen molar-refractivity contribution in [3.8, 4) is 0 Å². The van der Waals surface area contributed by atoms with E-state index in [0.717, 1.165) is 25.7 Å². The number of ether oxygens (including phenoxy) is 1. The number of hydrogen-bond donors (Lipinski definition) is 0. The molecule has 2 heteroatoms. The van der Waals surface area contributed by atoms with E-state index in [-0.39, 0.29) is 5.97 Å². The van der Waals surface area contributed by atoms with Crippen LogP contribution in [0.1, 0.15) is 32.1 Å². The van der Waals surface area contributed by atoms with Gasteiger partial charge in [-0.2, -0.15) is 0 Å². The molecule has 0 aromatic carbocycles. The SMILES string of the molecule is C=CCCCCCOC(=O)CC=C. The highest BCUT2D eigenvalue weighted by molar-refractivity contribution is 5.70. The van der Waals surface area contributed by atoms with Crippen LogP contribution in [0, 0.1) is 0 Å². The van der Waals surface area contributed by atoms with Crippen LogP contribution in [0.3, 0.4) is 0 Å². The van der Waals surface area contributed by atoms with Gasteiger partial charge in [-0.15, -0.1) is 13.2 Å². The molecule has 0 N–H and O–H groups in total. The average molecular weight is 182 g/mol. The van der Waals surface area contributed by atoms with Crippen LogP contribution >= 0.6 is 0 Å². The molecule has 0 heterocycles. The second-order valence-electron chi connectivity index (χ2n) is 2.85. The molecule has 0 amide bonds. The minimum Gasteiger partial charge on any atom is -0.465 e. The fourth-order valence-corrected chi connectivity index (χ4v) is 0.930. The summed E-state index contributed by atoms with van der Waals surface area (Å²) in [5.41, 5.74) is 0. The number of unbranched alkanes of at least 4 members (excludes halogenated alkanes) is 3. The maximum atomic E-state index is 10.8. The first-order chi connectivity index (χ1) is 6.31. The normalized spacial score (nSPS) is 9.23. The number of esters is 1. The fourth-order valence-electron chi connectivity index (χ4n) is 0.930. The van der Waals surface area contributed by atoms with Gasteiger partial charge in [0.2, 0.25) is 0 Å². The molecule has 0 radical (unpaired) electrons. The van der Waals surface area contributed by atoms with E-state index in [1.54, 1.807) is 6.08 Å². The predicted octanol–water partition coefficient (Wildman–Crippen LogP) is 2.85. The summed E-state index contributed by atoms with van der Waals surface area (Å²) in [6, 6.07) is 0. The Bertz CT molecular complexity index is 161. The minimum atomic E-state index is -0.182. The molecule has 0 aromatic heterocycles. The highest BCUT2D eigenvalue weighted by Gasteiger charge is 1.97. The summed E-state index contributed by atoms with van der Waals surface area (Å²) < 4.78 is 4.93. The molecule has 0 unspecified atom stereocenters. The molecule has 0 aliphatic rings. The zero-order valence-electron chi connectivity index (χ0n) is 8.13. The number of hydrogen-bond acceptors (Lipinski definition) is 2. The van der Waals surface area contributed by atoms with Crippen molar-refractivity contribution in [3.05, 3.63) is 25.3 Å². The zero-order chi connectivity index (χ0) is 9.94.